The van der Waals surface area contributed by atoms with Crippen LogP contribution in [0.15, 0.2) is 54.6 Å². The molecule has 0 aliphatic rings. The Morgan fingerprint density at radius 1 is 0.435 bits per heavy atom. The van der Waals surface area contributed by atoms with Crippen molar-refractivity contribution in [2.24, 2.45) is 0 Å². The van der Waals surface area contributed by atoms with Crippen molar-refractivity contribution in [3.8, 4) is 22.3 Å². The second-order valence-corrected chi connectivity index (χ2v) is 5.39. The topological polar surface area (TPSA) is 0 Å². The van der Waals surface area contributed by atoms with Crippen LogP contribution < -0.4 is 27.3 Å². The van der Waals surface area contributed by atoms with Gasteiger partial charge in [0.25, 0.3) is 0 Å². The molecule has 23 heavy (non-hydrogen) atoms. The SMILES string of the molecule is [B]c1c([B])c([B])c(-c2cccc(-c3ccccc3)c2)c([B])c1[B]. The number of benzene rings is 3. The van der Waals surface area contributed by atoms with Gasteiger partial charge in [-0.15, -0.1) is 16.4 Å². The molecule has 0 N–H and O–H groups in total. The average molecular weight is 279 g/mol. The number of rotatable bonds is 2. The highest BCUT2D eigenvalue weighted by Crippen LogP contribution is 2.24. The van der Waals surface area contributed by atoms with E-state index in [1.54, 1.807) is 0 Å². The van der Waals surface area contributed by atoms with Gasteiger partial charge in [-0.3, -0.25) is 0 Å². The van der Waals surface area contributed by atoms with Crippen molar-refractivity contribution in [3.05, 3.63) is 54.6 Å². The minimum atomic E-state index is 0.225. The fraction of sp³-hybridized carbons (Fsp3) is 0. The number of hydrogen-bond donors (Lipinski definition) is 0. The van der Waals surface area contributed by atoms with Crippen LogP contribution in [0, 0.1) is 0 Å². The van der Waals surface area contributed by atoms with E-state index >= 15 is 0 Å². The molecule has 3 aromatic carbocycles. The van der Waals surface area contributed by atoms with E-state index in [2.05, 4.69) is 0 Å². The van der Waals surface area contributed by atoms with Crippen molar-refractivity contribution >= 4 is 66.5 Å². The Balaban J connectivity index is 2.21. The molecule has 0 fully saturated rings. The molecule has 0 aliphatic carbocycles. The van der Waals surface area contributed by atoms with E-state index in [0.717, 1.165) is 16.7 Å². The summed E-state index contributed by atoms with van der Waals surface area (Å²) in [5.74, 6) is 0. The molecule has 0 saturated heterocycles. The van der Waals surface area contributed by atoms with Crippen LogP contribution in [0.2, 0.25) is 0 Å². The summed E-state index contributed by atoms with van der Waals surface area (Å²) in [5.41, 5.74) is 5.06. The highest BCUT2D eigenvalue weighted by atomic mass is 14.1. The van der Waals surface area contributed by atoms with Crippen LogP contribution in [-0.4, -0.2) is 39.2 Å². The molecule has 0 bridgehead atoms. The van der Waals surface area contributed by atoms with Crippen molar-refractivity contribution < 1.29 is 0 Å². The maximum atomic E-state index is 6.13. The predicted molar refractivity (Wildman–Crippen MR) is 104 cm³/mol. The zero-order valence-corrected chi connectivity index (χ0v) is 12.6. The van der Waals surface area contributed by atoms with Crippen LogP contribution in [0.25, 0.3) is 22.3 Å². The second-order valence-electron chi connectivity index (χ2n) is 5.39. The molecule has 5 heteroatoms. The molecule has 0 heterocycles. The van der Waals surface area contributed by atoms with Gasteiger partial charge in [0.15, 0.2) is 0 Å². The van der Waals surface area contributed by atoms with E-state index in [0.29, 0.717) is 16.5 Å². The molecule has 0 saturated carbocycles. The van der Waals surface area contributed by atoms with Gasteiger partial charge in [0.1, 0.15) is 39.2 Å². The van der Waals surface area contributed by atoms with Crippen LogP contribution in [0.1, 0.15) is 0 Å². The summed E-state index contributed by atoms with van der Waals surface area (Å²) >= 11 is 0. The van der Waals surface area contributed by atoms with Gasteiger partial charge in [-0.1, -0.05) is 59.5 Å². The first-order valence-electron chi connectivity index (χ1n) is 7.18. The van der Waals surface area contributed by atoms with E-state index in [9.17, 15) is 0 Å². The average Bonchev–Trinajstić information content (AvgIpc) is 2.59. The van der Waals surface area contributed by atoms with E-state index < -0.39 is 0 Å². The van der Waals surface area contributed by atoms with E-state index in [-0.39, 0.29) is 16.4 Å². The van der Waals surface area contributed by atoms with Crippen molar-refractivity contribution in [2.75, 3.05) is 0 Å². The Hall–Kier alpha value is -2.02. The van der Waals surface area contributed by atoms with E-state index in [1.807, 2.05) is 54.6 Å². The first-order chi connectivity index (χ1) is 11.0. The first-order valence-corrected chi connectivity index (χ1v) is 7.18. The monoisotopic (exact) mass is 280 g/mol. The van der Waals surface area contributed by atoms with E-state index in [4.69, 9.17) is 39.2 Å². The van der Waals surface area contributed by atoms with Gasteiger partial charge in [0.2, 0.25) is 0 Å². The van der Waals surface area contributed by atoms with Crippen LogP contribution in [0.5, 0.6) is 0 Å². The molecule has 10 radical (unpaired) electrons. The van der Waals surface area contributed by atoms with Crippen molar-refractivity contribution in [1.82, 2.24) is 0 Å². The first kappa shape index (κ1) is 15.9. The summed E-state index contributed by atoms with van der Waals surface area (Å²) in [6.07, 6.45) is 0. The molecule has 96 valence electrons. The van der Waals surface area contributed by atoms with Crippen molar-refractivity contribution in [3.63, 3.8) is 0 Å². The van der Waals surface area contributed by atoms with Gasteiger partial charge in [0, 0.05) is 0 Å². The Labute approximate surface area is 143 Å². The van der Waals surface area contributed by atoms with Gasteiger partial charge in [-0.25, -0.2) is 0 Å². The summed E-state index contributed by atoms with van der Waals surface area (Å²) in [6, 6.07) is 17.9. The molecule has 3 aromatic rings. The molecule has 0 amide bonds. The Bertz CT molecular complexity index is 843. The summed E-state index contributed by atoms with van der Waals surface area (Å²) in [6.45, 7) is 0. The van der Waals surface area contributed by atoms with Crippen LogP contribution in [0.3, 0.4) is 0 Å². The largest absolute Gasteiger partial charge is 0.113 e. The zero-order chi connectivity index (χ0) is 16.6. The highest BCUT2D eigenvalue weighted by Gasteiger charge is 2.12. The maximum Gasteiger partial charge on any atom is 0.113 e. The fourth-order valence-electron chi connectivity index (χ4n) is 2.65. The second kappa shape index (κ2) is 6.24. The standard InChI is InChI=1S/C18H9B5/c19-14-13(15(20)17(22)18(23)16(14)21)12-8-4-7-11(9-12)10-5-2-1-3-6-10/h1-9H. The Kier molecular flexibility index (Phi) is 4.30. The lowest BCUT2D eigenvalue weighted by Gasteiger charge is -2.21. The summed E-state index contributed by atoms with van der Waals surface area (Å²) in [4.78, 5) is 0. The minimum absolute atomic E-state index is 0.225. The van der Waals surface area contributed by atoms with Gasteiger partial charge < -0.3 is 0 Å². The molecular formula is C18H9B5. The quantitative estimate of drug-likeness (QED) is 0.527. The Morgan fingerprint density at radius 2 is 0.913 bits per heavy atom. The molecular weight excluding hydrogens is 270 g/mol. The third-order valence-electron chi connectivity index (χ3n) is 3.96. The van der Waals surface area contributed by atoms with Gasteiger partial charge in [-0.2, -0.15) is 0 Å². The molecule has 0 nitrogen and oxygen atoms in total. The summed E-state index contributed by atoms with van der Waals surface area (Å²) < 4.78 is 0. The van der Waals surface area contributed by atoms with Crippen LogP contribution in [-0.2, 0) is 0 Å². The molecule has 0 unspecified atom stereocenters. The third-order valence-corrected chi connectivity index (χ3v) is 3.96. The molecule has 0 aliphatic heterocycles. The van der Waals surface area contributed by atoms with Crippen LogP contribution in [0.4, 0.5) is 0 Å². The summed E-state index contributed by atoms with van der Waals surface area (Å²) in [7, 11) is 30.0. The fourth-order valence-corrected chi connectivity index (χ4v) is 2.65. The van der Waals surface area contributed by atoms with Crippen LogP contribution >= 0.6 is 0 Å². The van der Waals surface area contributed by atoms with Gasteiger partial charge in [-0.05, 0) is 28.3 Å². The lowest BCUT2D eigenvalue weighted by Crippen LogP contribution is -2.55. The third kappa shape index (κ3) is 2.81. The van der Waals surface area contributed by atoms with Gasteiger partial charge in [0.05, 0.1) is 0 Å². The molecule has 0 atom stereocenters. The lowest BCUT2D eigenvalue weighted by molar-refractivity contribution is 1.61. The molecule has 0 spiro atoms. The van der Waals surface area contributed by atoms with Gasteiger partial charge >= 0.3 is 0 Å². The summed E-state index contributed by atoms with van der Waals surface area (Å²) in [5, 5.41) is 0. The zero-order valence-electron chi connectivity index (χ0n) is 12.6. The van der Waals surface area contributed by atoms with Crippen molar-refractivity contribution in [2.45, 2.75) is 0 Å². The van der Waals surface area contributed by atoms with Crippen molar-refractivity contribution in [1.29, 1.82) is 0 Å². The normalized spacial score (nSPS) is 10.6. The number of hydrogen-bond acceptors (Lipinski definition) is 0. The van der Waals surface area contributed by atoms with E-state index in [1.165, 1.54) is 0 Å². The minimum Gasteiger partial charge on any atom is -0.112 e. The maximum absolute atomic E-state index is 6.13. The molecule has 3 rings (SSSR count). The Morgan fingerprint density at radius 3 is 1.52 bits per heavy atom. The smallest absolute Gasteiger partial charge is 0.112 e. The lowest BCUT2D eigenvalue weighted by atomic mass is 9.59. The highest BCUT2D eigenvalue weighted by molar-refractivity contribution is 6.68. The predicted octanol–water partition coefficient (Wildman–Crippen LogP) is -1.01. The molecule has 0 aromatic heterocycles.